The second kappa shape index (κ2) is 8.72. The van der Waals surface area contributed by atoms with Crippen LogP contribution in [0, 0.1) is 0 Å². The third-order valence-corrected chi connectivity index (χ3v) is 7.98. The number of thioether (sulfide) groups is 1. The Balaban J connectivity index is 1.28. The maximum absolute atomic E-state index is 12.0. The molecule has 0 amide bonds. The summed E-state index contributed by atoms with van der Waals surface area (Å²) in [6.07, 6.45) is 3.83. The van der Waals surface area contributed by atoms with Gasteiger partial charge in [0.15, 0.2) is 5.82 Å². The van der Waals surface area contributed by atoms with Crippen molar-refractivity contribution in [3.05, 3.63) is 52.9 Å². The van der Waals surface area contributed by atoms with Crippen molar-refractivity contribution in [3.63, 3.8) is 0 Å². The molecule has 1 aromatic carbocycles. The molecular formula is C25H27N5O3S. The topological polar surface area (TPSA) is 92.5 Å². The van der Waals surface area contributed by atoms with E-state index in [9.17, 15) is 9.90 Å². The lowest BCUT2D eigenvalue weighted by Crippen LogP contribution is -2.59. The quantitative estimate of drug-likeness (QED) is 0.595. The van der Waals surface area contributed by atoms with Gasteiger partial charge in [-0.3, -0.25) is 4.79 Å². The van der Waals surface area contributed by atoms with Crippen LogP contribution < -0.4 is 15.8 Å². The average Bonchev–Trinajstić information content (AvgIpc) is 2.84. The minimum atomic E-state index is -0.0897. The molecule has 6 rings (SSSR count). The summed E-state index contributed by atoms with van der Waals surface area (Å²) in [7, 11) is 1.71. The molecule has 9 heteroatoms. The number of piperidine rings is 1. The van der Waals surface area contributed by atoms with Gasteiger partial charge in [0, 0.05) is 55.3 Å². The van der Waals surface area contributed by atoms with Crippen molar-refractivity contribution in [2.45, 2.75) is 35.9 Å². The monoisotopic (exact) mass is 477 g/mol. The van der Waals surface area contributed by atoms with Gasteiger partial charge in [-0.05, 0) is 48.2 Å². The van der Waals surface area contributed by atoms with E-state index in [2.05, 4.69) is 20.4 Å². The van der Waals surface area contributed by atoms with Crippen molar-refractivity contribution in [3.8, 4) is 28.1 Å². The highest BCUT2D eigenvalue weighted by Crippen LogP contribution is 2.40. The maximum atomic E-state index is 12.0. The van der Waals surface area contributed by atoms with Gasteiger partial charge in [-0.2, -0.15) is 0 Å². The van der Waals surface area contributed by atoms with E-state index in [1.165, 1.54) is 4.57 Å². The summed E-state index contributed by atoms with van der Waals surface area (Å²) in [4.78, 5) is 15.5. The van der Waals surface area contributed by atoms with Crippen molar-refractivity contribution >= 4 is 17.6 Å². The number of pyridine rings is 1. The molecule has 2 fully saturated rings. The molecule has 3 aliphatic rings. The van der Waals surface area contributed by atoms with E-state index in [1.54, 1.807) is 37.1 Å². The van der Waals surface area contributed by atoms with E-state index in [4.69, 9.17) is 4.74 Å². The lowest BCUT2D eigenvalue weighted by molar-refractivity contribution is 0.0178. The van der Waals surface area contributed by atoms with Crippen LogP contribution in [0.4, 0.5) is 5.82 Å². The van der Waals surface area contributed by atoms with E-state index in [-0.39, 0.29) is 11.3 Å². The molecule has 34 heavy (non-hydrogen) atoms. The smallest absolute Gasteiger partial charge is 0.250 e. The second-order valence-corrected chi connectivity index (χ2v) is 10.4. The number of benzene rings is 1. The van der Waals surface area contributed by atoms with E-state index in [1.807, 2.05) is 24.3 Å². The molecule has 0 unspecified atom stereocenters. The Morgan fingerprint density at radius 1 is 1.09 bits per heavy atom. The fraction of sp³-hybridized carbons (Fsp3) is 0.400. The first-order valence-corrected chi connectivity index (χ1v) is 12.6. The summed E-state index contributed by atoms with van der Waals surface area (Å²) in [5.74, 6) is 2.07. The lowest BCUT2D eigenvalue weighted by atomic mass is 9.91. The predicted octanol–water partition coefficient (Wildman–Crippen LogP) is 2.65. The van der Waals surface area contributed by atoms with Gasteiger partial charge in [0.25, 0.3) is 5.56 Å². The molecule has 3 aromatic rings. The van der Waals surface area contributed by atoms with Crippen LogP contribution >= 0.6 is 11.8 Å². The SMILES string of the molecule is Cn1ccc(-c2ccc(-c3cc4c(nn3)N([C@@H]3C[C@H]5COC[C@@H](C3)N5)CCS4)c(O)c2)cc1=O. The fourth-order valence-corrected chi connectivity index (χ4v) is 6.23. The predicted molar refractivity (Wildman–Crippen MR) is 132 cm³/mol. The minimum Gasteiger partial charge on any atom is -0.507 e. The number of hydrogen-bond donors (Lipinski definition) is 2. The number of hydrogen-bond acceptors (Lipinski definition) is 8. The van der Waals surface area contributed by atoms with E-state index in [0.717, 1.165) is 60.2 Å². The summed E-state index contributed by atoms with van der Waals surface area (Å²) in [5, 5.41) is 23.6. The highest BCUT2D eigenvalue weighted by molar-refractivity contribution is 7.99. The van der Waals surface area contributed by atoms with E-state index < -0.39 is 0 Å². The van der Waals surface area contributed by atoms with E-state index >= 15 is 0 Å². The van der Waals surface area contributed by atoms with Crippen LogP contribution in [0.25, 0.3) is 22.4 Å². The second-order valence-electron chi connectivity index (χ2n) is 9.28. The van der Waals surface area contributed by atoms with Crippen LogP contribution in [0.3, 0.4) is 0 Å². The first kappa shape index (κ1) is 21.6. The molecule has 3 aliphatic heterocycles. The molecular weight excluding hydrogens is 450 g/mol. The summed E-state index contributed by atoms with van der Waals surface area (Å²) < 4.78 is 7.23. The van der Waals surface area contributed by atoms with Crippen LogP contribution in [0.2, 0.25) is 0 Å². The number of fused-ring (bicyclic) bond motifs is 3. The van der Waals surface area contributed by atoms with E-state index in [0.29, 0.717) is 29.4 Å². The lowest BCUT2D eigenvalue weighted by Gasteiger charge is -2.45. The number of aryl methyl sites for hydroxylation is 1. The molecule has 176 valence electrons. The number of ether oxygens (including phenoxy) is 1. The molecule has 0 radical (unpaired) electrons. The van der Waals surface area contributed by atoms with Gasteiger partial charge in [0.05, 0.1) is 23.8 Å². The number of nitrogens with zero attached hydrogens (tertiary/aromatic N) is 4. The number of phenols is 1. The van der Waals surface area contributed by atoms with Crippen LogP contribution in [-0.2, 0) is 11.8 Å². The molecule has 3 atom stereocenters. The van der Waals surface area contributed by atoms with Gasteiger partial charge in [0.1, 0.15) is 5.75 Å². The number of nitrogens with one attached hydrogen (secondary N) is 1. The van der Waals surface area contributed by atoms with Gasteiger partial charge in [-0.25, -0.2) is 0 Å². The van der Waals surface area contributed by atoms with Crippen LogP contribution in [-0.4, -0.2) is 63.5 Å². The summed E-state index contributed by atoms with van der Waals surface area (Å²) in [6.45, 7) is 2.52. The van der Waals surface area contributed by atoms with Crippen molar-refractivity contribution in [1.29, 1.82) is 0 Å². The molecule has 8 nitrogen and oxygen atoms in total. The summed E-state index contributed by atoms with van der Waals surface area (Å²) >= 11 is 1.79. The number of anilines is 1. The van der Waals surface area contributed by atoms with Crippen molar-refractivity contribution in [2.24, 2.45) is 7.05 Å². The van der Waals surface area contributed by atoms with Crippen LogP contribution in [0.15, 0.2) is 52.3 Å². The summed E-state index contributed by atoms with van der Waals surface area (Å²) in [6, 6.07) is 12.1. The molecule has 0 aliphatic carbocycles. The largest absolute Gasteiger partial charge is 0.507 e. The standard InChI is InChI=1S/C25H27N5O3S/c1-29-5-4-16(9-24(29)32)15-2-3-20(22(31)8-15)21-12-23-25(28-27-21)30(6-7-34-23)19-10-17-13-33-14-18(11-19)26-17/h2-5,8-9,12,17-19,26,31H,6-7,10-11,13-14H2,1H3/t17-,18+,19+. The number of morpholine rings is 1. The molecule has 2 bridgehead atoms. The van der Waals surface area contributed by atoms with Gasteiger partial charge in [0.2, 0.25) is 0 Å². The average molecular weight is 478 g/mol. The molecule has 0 spiro atoms. The number of aromatic hydroxyl groups is 1. The molecule has 5 heterocycles. The Hall–Kier alpha value is -2.88. The first-order valence-electron chi connectivity index (χ1n) is 11.7. The summed E-state index contributed by atoms with van der Waals surface area (Å²) in [5.41, 5.74) is 2.75. The van der Waals surface area contributed by atoms with Gasteiger partial charge < -0.3 is 24.6 Å². The van der Waals surface area contributed by atoms with Crippen molar-refractivity contribution in [1.82, 2.24) is 20.1 Å². The molecule has 2 aromatic heterocycles. The van der Waals surface area contributed by atoms with Crippen LogP contribution in [0.5, 0.6) is 5.75 Å². The zero-order valence-electron chi connectivity index (χ0n) is 19.0. The molecule has 0 saturated carbocycles. The van der Waals surface area contributed by atoms with Crippen LogP contribution in [0.1, 0.15) is 12.8 Å². The van der Waals surface area contributed by atoms with Gasteiger partial charge in [-0.15, -0.1) is 22.0 Å². The zero-order valence-corrected chi connectivity index (χ0v) is 19.8. The fourth-order valence-electron chi connectivity index (χ4n) is 5.24. The number of aromatic nitrogens is 3. The first-order chi connectivity index (χ1) is 16.5. The Morgan fingerprint density at radius 2 is 1.88 bits per heavy atom. The minimum absolute atomic E-state index is 0.0897. The third-order valence-electron chi connectivity index (χ3n) is 6.98. The Kier molecular flexibility index (Phi) is 5.55. The number of phenolic OH excluding ortho intramolecular Hbond substituents is 1. The highest BCUT2D eigenvalue weighted by atomic mass is 32.2. The molecule has 2 saturated heterocycles. The normalized spacial score (nSPS) is 24.0. The highest BCUT2D eigenvalue weighted by Gasteiger charge is 2.37. The van der Waals surface area contributed by atoms with Gasteiger partial charge in [-0.1, -0.05) is 6.07 Å². The van der Waals surface area contributed by atoms with Crippen molar-refractivity contribution in [2.75, 3.05) is 30.4 Å². The van der Waals surface area contributed by atoms with Gasteiger partial charge >= 0.3 is 0 Å². The Labute approximate surface area is 202 Å². The Morgan fingerprint density at radius 3 is 2.65 bits per heavy atom. The zero-order chi connectivity index (χ0) is 23.2. The molecule has 2 N–H and O–H groups in total. The number of rotatable bonds is 3. The maximum Gasteiger partial charge on any atom is 0.250 e. The Bertz CT molecular complexity index is 1280. The van der Waals surface area contributed by atoms with Crippen molar-refractivity contribution < 1.29 is 9.84 Å². The third kappa shape index (κ3) is 3.97.